The van der Waals surface area contributed by atoms with Gasteiger partial charge in [0.2, 0.25) is 29.4 Å². The largest absolute Gasteiger partial charge is 0.502 e. The summed E-state index contributed by atoms with van der Waals surface area (Å²) in [6.07, 6.45) is 3.71. The molecule has 2 aromatic carbocycles. The van der Waals surface area contributed by atoms with Gasteiger partial charge in [-0.2, -0.15) is 0 Å². The van der Waals surface area contributed by atoms with Crippen LogP contribution in [0.15, 0.2) is 42.0 Å². The molecule has 2 saturated heterocycles. The highest BCUT2D eigenvalue weighted by atomic mass is 35.5. The molecule has 254 valence electrons. The van der Waals surface area contributed by atoms with E-state index >= 15 is 0 Å². The van der Waals surface area contributed by atoms with Crippen molar-refractivity contribution in [3.05, 3.63) is 58.4 Å². The molecule has 2 heterocycles. The van der Waals surface area contributed by atoms with E-state index in [2.05, 4.69) is 0 Å². The lowest BCUT2D eigenvalue weighted by Crippen LogP contribution is -2.48. The number of methoxy groups -OCH3 is 2. The highest BCUT2D eigenvalue weighted by Crippen LogP contribution is 2.64. The fourth-order valence-electron chi connectivity index (χ4n) is 8.35. The van der Waals surface area contributed by atoms with Gasteiger partial charge < -0.3 is 19.7 Å². The zero-order valence-corrected chi connectivity index (χ0v) is 27.5. The van der Waals surface area contributed by atoms with Crippen LogP contribution < -0.4 is 14.4 Å². The van der Waals surface area contributed by atoms with E-state index in [1.54, 1.807) is 19.1 Å². The van der Waals surface area contributed by atoms with E-state index in [-0.39, 0.29) is 65.6 Å². The summed E-state index contributed by atoms with van der Waals surface area (Å²) in [6.45, 7) is 1.87. The van der Waals surface area contributed by atoms with Crippen molar-refractivity contribution in [1.29, 1.82) is 0 Å². The second kappa shape index (κ2) is 12.5. The van der Waals surface area contributed by atoms with Gasteiger partial charge in [-0.05, 0) is 74.4 Å². The van der Waals surface area contributed by atoms with Crippen molar-refractivity contribution in [1.82, 2.24) is 4.90 Å². The van der Waals surface area contributed by atoms with Crippen molar-refractivity contribution in [3.63, 3.8) is 0 Å². The second-order valence-electron chi connectivity index (χ2n) is 13.1. The number of hydrogen-bond donors (Lipinski definition) is 2. The number of aromatic hydroxyl groups is 1. The second-order valence-corrected chi connectivity index (χ2v) is 13.5. The van der Waals surface area contributed by atoms with Crippen LogP contribution in [0.3, 0.4) is 0 Å². The van der Waals surface area contributed by atoms with E-state index in [1.165, 1.54) is 31.3 Å². The van der Waals surface area contributed by atoms with Gasteiger partial charge in [0.1, 0.15) is 5.82 Å². The monoisotopic (exact) mass is 682 g/mol. The highest BCUT2D eigenvalue weighted by Gasteiger charge is 2.67. The number of fused-ring (bicyclic) bond motifs is 4. The Bertz CT molecular complexity index is 1740. The highest BCUT2D eigenvalue weighted by molar-refractivity contribution is 6.31. The summed E-state index contributed by atoms with van der Waals surface area (Å²) in [4.78, 5) is 69.7. The van der Waals surface area contributed by atoms with Crippen LogP contribution in [0.1, 0.15) is 56.9 Å². The number of carboxylic acids is 1. The van der Waals surface area contributed by atoms with Gasteiger partial charge in [0.15, 0.2) is 11.5 Å². The van der Waals surface area contributed by atoms with Crippen LogP contribution in [0.25, 0.3) is 0 Å². The van der Waals surface area contributed by atoms with Crippen molar-refractivity contribution in [2.24, 2.45) is 29.1 Å². The van der Waals surface area contributed by atoms with Crippen LogP contribution in [-0.2, 0) is 24.0 Å². The number of aliphatic carboxylic acids is 1. The number of likely N-dealkylation sites (tertiary alicyclic amines) is 1. The smallest absolute Gasteiger partial charge is 0.303 e. The number of carboxylic acid groups (broad SMARTS) is 1. The molecule has 13 heteroatoms. The lowest BCUT2D eigenvalue weighted by Gasteiger charge is -2.49. The topological polar surface area (TPSA) is 151 Å². The molecule has 0 spiro atoms. The Morgan fingerprint density at radius 2 is 1.69 bits per heavy atom. The number of allylic oxidation sites excluding steroid dienone is 2. The Hall–Kier alpha value is -4.45. The van der Waals surface area contributed by atoms with Gasteiger partial charge in [0.25, 0.3) is 0 Å². The number of nitrogens with zero attached hydrogens (tertiary/aromatic N) is 2. The number of carbonyl (C=O) groups excluding carboxylic acids is 4. The number of halogens is 2. The summed E-state index contributed by atoms with van der Waals surface area (Å²) in [5.74, 6) is -7.10. The van der Waals surface area contributed by atoms with Gasteiger partial charge in [0, 0.05) is 18.9 Å². The first-order valence-corrected chi connectivity index (χ1v) is 16.3. The third-order valence-electron chi connectivity index (χ3n) is 10.6. The Kier molecular flexibility index (Phi) is 8.74. The van der Waals surface area contributed by atoms with Gasteiger partial charge in [-0.3, -0.25) is 28.9 Å². The fourth-order valence-corrected chi connectivity index (χ4v) is 8.53. The number of phenols is 1. The fraction of sp³-hybridized carbons (Fsp3) is 0.457. The van der Waals surface area contributed by atoms with Crippen molar-refractivity contribution in [2.45, 2.75) is 51.4 Å². The lowest BCUT2D eigenvalue weighted by molar-refractivity contribution is -0.141. The zero-order valence-electron chi connectivity index (χ0n) is 26.7. The Balaban J connectivity index is 1.43. The number of carbonyl (C=O) groups is 5. The summed E-state index contributed by atoms with van der Waals surface area (Å²) < 4.78 is 25.0. The average molecular weight is 683 g/mol. The molecule has 11 nitrogen and oxygen atoms in total. The van der Waals surface area contributed by atoms with E-state index in [1.807, 2.05) is 6.08 Å². The summed E-state index contributed by atoms with van der Waals surface area (Å²) in [5, 5.41) is 19.4. The normalized spacial score (nSPS) is 27.9. The molecule has 2 aromatic rings. The molecule has 0 radical (unpaired) electrons. The number of hydrogen-bond acceptors (Lipinski definition) is 8. The number of anilines is 1. The number of benzene rings is 2. The number of ether oxygens (including phenoxy) is 2. The molecule has 1 saturated carbocycles. The minimum atomic E-state index is -1.39. The van der Waals surface area contributed by atoms with Crippen LogP contribution in [-0.4, -0.2) is 65.5 Å². The standard InChI is InChI=1S/C35H36ClFN2O9/c1-35-22(32(44)39(34(35)46)18-8-11-24(37)23(36)15-18)16-21-19(29(35)17-13-25(47-2)30(42)26(14-17)48-3)9-10-20-28(21)33(45)38(31(20)43)12-6-4-5-7-27(40)41/h8-9,11,13-15,20-22,28-29,42H,4-7,10,12,16H2,1-3H3,(H,40,41)/t20-,21+,22-,28-,29-,35+/m0/s1. The first kappa shape index (κ1) is 33.5. The van der Waals surface area contributed by atoms with E-state index in [4.69, 9.17) is 26.2 Å². The molecule has 3 fully saturated rings. The average Bonchev–Trinajstić information content (AvgIpc) is 3.41. The first-order valence-electron chi connectivity index (χ1n) is 15.9. The van der Waals surface area contributed by atoms with Gasteiger partial charge >= 0.3 is 5.97 Å². The molecule has 4 aliphatic rings. The Morgan fingerprint density at radius 3 is 2.31 bits per heavy atom. The number of amides is 4. The third kappa shape index (κ3) is 5.12. The first-order chi connectivity index (χ1) is 22.8. The van der Waals surface area contributed by atoms with Crippen LogP contribution >= 0.6 is 11.6 Å². The molecule has 2 aliphatic heterocycles. The molecule has 0 aromatic heterocycles. The predicted octanol–water partition coefficient (Wildman–Crippen LogP) is 5.08. The van der Waals surface area contributed by atoms with Crippen LogP contribution in [0.2, 0.25) is 5.02 Å². The molecule has 2 N–H and O–H groups in total. The molecule has 6 rings (SSSR count). The minimum absolute atomic E-state index is 0.00473. The molecule has 0 bridgehead atoms. The number of unbranched alkanes of at least 4 members (excludes halogenated alkanes) is 2. The summed E-state index contributed by atoms with van der Waals surface area (Å²) in [6, 6.07) is 6.79. The van der Waals surface area contributed by atoms with Gasteiger partial charge in [0.05, 0.1) is 48.1 Å². The van der Waals surface area contributed by atoms with E-state index in [0.29, 0.717) is 24.8 Å². The predicted molar refractivity (Wildman–Crippen MR) is 170 cm³/mol. The van der Waals surface area contributed by atoms with Gasteiger partial charge in [-0.1, -0.05) is 29.7 Å². The van der Waals surface area contributed by atoms with Crippen molar-refractivity contribution >= 4 is 46.9 Å². The maximum atomic E-state index is 14.6. The van der Waals surface area contributed by atoms with E-state index in [9.17, 15) is 33.5 Å². The van der Waals surface area contributed by atoms with Crippen molar-refractivity contribution in [2.75, 3.05) is 25.7 Å². The molecule has 0 unspecified atom stereocenters. The number of rotatable bonds is 10. The molecule has 4 amide bonds. The quantitative estimate of drug-likeness (QED) is 0.199. The Labute approximate surface area is 281 Å². The Morgan fingerprint density at radius 1 is 1.00 bits per heavy atom. The third-order valence-corrected chi connectivity index (χ3v) is 10.9. The zero-order chi connectivity index (χ0) is 34.7. The summed E-state index contributed by atoms with van der Waals surface area (Å²) >= 11 is 6.07. The molecular weight excluding hydrogens is 647 g/mol. The van der Waals surface area contributed by atoms with Gasteiger partial charge in [-0.25, -0.2) is 9.29 Å². The maximum absolute atomic E-state index is 14.6. The summed E-state index contributed by atoms with van der Waals surface area (Å²) in [5.41, 5.74) is -0.0389. The van der Waals surface area contributed by atoms with E-state index < -0.39 is 58.6 Å². The van der Waals surface area contributed by atoms with E-state index in [0.717, 1.165) is 16.5 Å². The maximum Gasteiger partial charge on any atom is 0.303 e. The van der Waals surface area contributed by atoms with Crippen molar-refractivity contribution < 1.29 is 48.0 Å². The lowest BCUT2D eigenvalue weighted by atomic mass is 9.51. The van der Waals surface area contributed by atoms with Crippen LogP contribution in [0.4, 0.5) is 10.1 Å². The molecule has 6 atom stereocenters. The van der Waals surface area contributed by atoms with Gasteiger partial charge in [-0.15, -0.1) is 0 Å². The number of imide groups is 2. The van der Waals surface area contributed by atoms with Crippen molar-refractivity contribution in [3.8, 4) is 17.2 Å². The van der Waals surface area contributed by atoms with Crippen LogP contribution in [0, 0.1) is 34.9 Å². The minimum Gasteiger partial charge on any atom is -0.502 e. The van der Waals surface area contributed by atoms with Crippen LogP contribution in [0.5, 0.6) is 17.2 Å². The summed E-state index contributed by atoms with van der Waals surface area (Å²) in [7, 11) is 2.75. The SMILES string of the molecule is COc1cc([C@H]2C3=CC[C@@H]4C(=O)N(CCCCCC(=O)O)C(=O)[C@@H]4[C@@H]3C[C@H]3C(=O)N(c4ccc(F)c(Cl)c4)C(=O)[C@@]23C)cc(OC)c1O. The molecular formula is C35H36ClFN2O9. The number of phenolic OH excluding ortho intramolecular Hbond substituents is 1. The molecule has 48 heavy (non-hydrogen) atoms. The molecule has 2 aliphatic carbocycles.